The van der Waals surface area contributed by atoms with Crippen LogP contribution in [0.2, 0.25) is 5.02 Å². The number of halogens is 2. The molecular weight excluding hydrogens is 327 g/mol. The van der Waals surface area contributed by atoms with E-state index in [1.165, 1.54) is 12.1 Å². The second kappa shape index (κ2) is 7.15. The number of alkyl halides is 1. The van der Waals surface area contributed by atoms with Gasteiger partial charge in [-0.05, 0) is 30.3 Å². The van der Waals surface area contributed by atoms with Gasteiger partial charge in [0, 0.05) is 16.1 Å². The number of nitrogens with one attached hydrogen (secondary N) is 1. The monoisotopic (exact) mass is 338 g/mol. The van der Waals surface area contributed by atoms with Crippen LogP contribution in [-0.2, 0) is 4.79 Å². The molecular formula is C15H12Cl2N2O3. The Morgan fingerprint density at radius 2 is 2.00 bits per heavy atom. The summed E-state index contributed by atoms with van der Waals surface area (Å²) in [5.74, 6) is -0.592. The number of aromatic hydroxyl groups is 1. The summed E-state index contributed by atoms with van der Waals surface area (Å²) in [6.07, 6.45) is 0. The third-order valence-electron chi connectivity index (χ3n) is 2.85. The summed E-state index contributed by atoms with van der Waals surface area (Å²) in [5.41, 5.74) is 1.42. The molecule has 22 heavy (non-hydrogen) atoms. The Morgan fingerprint density at radius 1 is 1.23 bits per heavy atom. The summed E-state index contributed by atoms with van der Waals surface area (Å²) >= 11 is 11.5. The Balaban J connectivity index is 2.53. The van der Waals surface area contributed by atoms with Gasteiger partial charge in [-0.15, -0.1) is 11.6 Å². The molecule has 7 heteroatoms. The van der Waals surface area contributed by atoms with Gasteiger partial charge in [0.05, 0.1) is 5.69 Å². The standard InChI is InChI=1S/C15H12Cl2N2O3/c16-8-14(21)18-13-5-4-10(17)7-12(13)15(19-22)9-2-1-3-11(20)6-9/h1-7,20,22H,8H2,(H,18,21). The molecule has 3 N–H and O–H groups in total. The number of phenolic OH excluding ortho intramolecular Hbond substituents is 1. The van der Waals surface area contributed by atoms with Gasteiger partial charge in [-0.25, -0.2) is 0 Å². The van der Waals surface area contributed by atoms with E-state index in [4.69, 9.17) is 23.2 Å². The Bertz CT molecular complexity index is 732. The van der Waals surface area contributed by atoms with Crippen molar-refractivity contribution in [2.24, 2.45) is 5.16 Å². The zero-order chi connectivity index (χ0) is 16.1. The van der Waals surface area contributed by atoms with Crippen LogP contribution in [0, 0.1) is 0 Å². The highest BCUT2D eigenvalue weighted by Gasteiger charge is 2.15. The maximum Gasteiger partial charge on any atom is 0.239 e. The SMILES string of the molecule is O=C(CCl)Nc1ccc(Cl)cc1C(=NO)c1cccc(O)c1. The molecule has 114 valence electrons. The lowest BCUT2D eigenvalue weighted by atomic mass is 10.0. The molecule has 0 aliphatic rings. The molecule has 5 nitrogen and oxygen atoms in total. The molecule has 1 amide bonds. The van der Waals surface area contributed by atoms with Gasteiger partial charge < -0.3 is 15.6 Å². The minimum Gasteiger partial charge on any atom is -0.508 e. The van der Waals surface area contributed by atoms with Crippen LogP contribution in [0.4, 0.5) is 5.69 Å². The summed E-state index contributed by atoms with van der Waals surface area (Å²) in [7, 11) is 0. The quantitative estimate of drug-likeness (QED) is 0.345. The molecule has 0 aromatic heterocycles. The first-order chi connectivity index (χ1) is 10.5. The summed E-state index contributed by atoms with van der Waals surface area (Å²) in [4.78, 5) is 11.5. The van der Waals surface area contributed by atoms with Gasteiger partial charge in [0.15, 0.2) is 0 Å². The average molecular weight is 339 g/mol. The number of hydrogen-bond donors (Lipinski definition) is 3. The van der Waals surface area contributed by atoms with Crippen LogP contribution >= 0.6 is 23.2 Å². The van der Waals surface area contributed by atoms with E-state index in [2.05, 4.69) is 10.5 Å². The summed E-state index contributed by atoms with van der Waals surface area (Å²) in [5, 5.41) is 25.2. The van der Waals surface area contributed by atoms with Crippen LogP contribution in [0.15, 0.2) is 47.6 Å². The zero-order valence-corrected chi connectivity index (χ0v) is 12.8. The highest BCUT2D eigenvalue weighted by atomic mass is 35.5. The van der Waals surface area contributed by atoms with E-state index in [0.717, 1.165) is 0 Å². The molecule has 0 atom stereocenters. The van der Waals surface area contributed by atoms with Crippen LogP contribution in [0.5, 0.6) is 5.75 Å². The Labute approximate surface area is 136 Å². The van der Waals surface area contributed by atoms with Crippen molar-refractivity contribution >= 4 is 40.5 Å². The Kier molecular flexibility index (Phi) is 5.25. The van der Waals surface area contributed by atoms with Crippen LogP contribution in [0.25, 0.3) is 0 Å². The normalized spacial score (nSPS) is 11.3. The third-order valence-corrected chi connectivity index (χ3v) is 3.33. The molecule has 0 fully saturated rings. The van der Waals surface area contributed by atoms with Crippen molar-refractivity contribution in [3.8, 4) is 5.75 Å². The minimum absolute atomic E-state index is 0.0204. The van der Waals surface area contributed by atoms with Gasteiger partial charge in [0.2, 0.25) is 5.91 Å². The number of anilines is 1. The second-order valence-corrected chi connectivity index (χ2v) is 5.07. The van der Waals surface area contributed by atoms with Crippen LogP contribution in [0.1, 0.15) is 11.1 Å². The number of carbonyl (C=O) groups excluding carboxylic acids is 1. The molecule has 0 heterocycles. The zero-order valence-electron chi connectivity index (χ0n) is 11.3. The molecule has 0 bridgehead atoms. The lowest BCUT2D eigenvalue weighted by Gasteiger charge is -2.12. The van der Waals surface area contributed by atoms with Crippen molar-refractivity contribution in [3.63, 3.8) is 0 Å². The number of rotatable bonds is 4. The fourth-order valence-corrected chi connectivity index (χ4v) is 2.16. The Hall–Kier alpha value is -2.24. The van der Waals surface area contributed by atoms with E-state index in [1.807, 2.05) is 0 Å². The van der Waals surface area contributed by atoms with E-state index in [-0.39, 0.29) is 17.3 Å². The molecule has 2 aromatic carbocycles. The fourth-order valence-electron chi connectivity index (χ4n) is 1.93. The van der Waals surface area contributed by atoms with Crippen molar-refractivity contribution in [2.75, 3.05) is 11.2 Å². The summed E-state index contributed by atoms with van der Waals surface area (Å²) < 4.78 is 0. The number of benzene rings is 2. The molecule has 0 unspecified atom stereocenters. The lowest BCUT2D eigenvalue weighted by Crippen LogP contribution is -2.16. The molecule has 0 aliphatic carbocycles. The number of nitrogens with zero attached hydrogens (tertiary/aromatic N) is 1. The predicted octanol–water partition coefficient (Wildman–Crippen LogP) is 3.45. The van der Waals surface area contributed by atoms with E-state index in [0.29, 0.717) is 21.8 Å². The number of oxime groups is 1. The largest absolute Gasteiger partial charge is 0.508 e. The lowest BCUT2D eigenvalue weighted by molar-refractivity contribution is -0.113. The van der Waals surface area contributed by atoms with Crippen molar-refractivity contribution < 1.29 is 15.1 Å². The van der Waals surface area contributed by atoms with Gasteiger partial charge in [0.1, 0.15) is 17.3 Å². The maximum atomic E-state index is 11.5. The third kappa shape index (κ3) is 3.69. The smallest absolute Gasteiger partial charge is 0.239 e. The van der Waals surface area contributed by atoms with Gasteiger partial charge >= 0.3 is 0 Å². The number of carbonyl (C=O) groups is 1. The number of phenols is 1. The Morgan fingerprint density at radius 3 is 2.64 bits per heavy atom. The first kappa shape index (κ1) is 16.1. The van der Waals surface area contributed by atoms with Gasteiger partial charge in [-0.3, -0.25) is 4.79 Å². The fraction of sp³-hybridized carbons (Fsp3) is 0.0667. The number of amides is 1. The summed E-state index contributed by atoms with van der Waals surface area (Å²) in [6, 6.07) is 10.9. The summed E-state index contributed by atoms with van der Waals surface area (Å²) in [6.45, 7) is 0. The molecule has 0 aliphatic heterocycles. The first-order valence-corrected chi connectivity index (χ1v) is 7.13. The highest BCUT2D eigenvalue weighted by molar-refractivity contribution is 6.32. The van der Waals surface area contributed by atoms with Gasteiger partial charge in [-0.2, -0.15) is 0 Å². The van der Waals surface area contributed by atoms with Crippen LogP contribution in [-0.4, -0.2) is 27.8 Å². The second-order valence-electron chi connectivity index (χ2n) is 4.37. The average Bonchev–Trinajstić information content (AvgIpc) is 2.50. The van der Waals surface area contributed by atoms with Crippen LogP contribution < -0.4 is 5.32 Å². The van der Waals surface area contributed by atoms with Crippen molar-refractivity contribution in [3.05, 3.63) is 58.6 Å². The van der Waals surface area contributed by atoms with E-state index < -0.39 is 5.91 Å². The molecule has 0 saturated carbocycles. The highest BCUT2D eigenvalue weighted by Crippen LogP contribution is 2.25. The molecule has 2 aromatic rings. The maximum absolute atomic E-state index is 11.5. The molecule has 2 rings (SSSR count). The van der Waals surface area contributed by atoms with E-state index in [1.54, 1.807) is 30.3 Å². The predicted molar refractivity (Wildman–Crippen MR) is 86.3 cm³/mol. The van der Waals surface area contributed by atoms with Gasteiger partial charge in [-0.1, -0.05) is 28.9 Å². The molecule has 0 radical (unpaired) electrons. The first-order valence-electron chi connectivity index (χ1n) is 6.22. The number of hydrogen-bond acceptors (Lipinski definition) is 4. The molecule has 0 saturated heterocycles. The van der Waals surface area contributed by atoms with Crippen molar-refractivity contribution in [2.45, 2.75) is 0 Å². The van der Waals surface area contributed by atoms with Crippen LogP contribution in [0.3, 0.4) is 0 Å². The minimum atomic E-state index is -0.404. The van der Waals surface area contributed by atoms with Crippen molar-refractivity contribution in [1.29, 1.82) is 0 Å². The van der Waals surface area contributed by atoms with Crippen molar-refractivity contribution in [1.82, 2.24) is 0 Å². The topological polar surface area (TPSA) is 81.9 Å². The molecule has 0 spiro atoms. The van der Waals surface area contributed by atoms with Gasteiger partial charge in [0.25, 0.3) is 0 Å². The van der Waals surface area contributed by atoms with E-state index in [9.17, 15) is 15.1 Å². The van der Waals surface area contributed by atoms with E-state index >= 15 is 0 Å².